The molecule has 2 rings (SSSR count). The van der Waals surface area contributed by atoms with E-state index in [4.69, 9.17) is 0 Å². The molecule has 6 nitrogen and oxygen atoms in total. The van der Waals surface area contributed by atoms with E-state index in [-0.39, 0.29) is 0 Å². The summed E-state index contributed by atoms with van der Waals surface area (Å²) >= 11 is 0. The van der Waals surface area contributed by atoms with Crippen LogP contribution >= 0.6 is 0 Å². The lowest BCUT2D eigenvalue weighted by Crippen LogP contribution is -2.45. The smallest absolute Gasteiger partial charge is 0.139 e. The van der Waals surface area contributed by atoms with Crippen molar-refractivity contribution in [2.75, 3.05) is 0 Å². The average molecular weight is 519 g/mol. The largest absolute Gasteiger partial charge is 0.509 e. The predicted molar refractivity (Wildman–Crippen MR) is 154 cm³/mol. The number of rotatable bonds is 15. The molecule has 0 saturated heterocycles. The highest BCUT2D eigenvalue weighted by atomic mass is 16.4. The number of allylic oxidation sites excluding steroid dienone is 4. The van der Waals surface area contributed by atoms with Gasteiger partial charge in [0.15, 0.2) is 0 Å². The summed E-state index contributed by atoms with van der Waals surface area (Å²) in [6.45, 7) is 15.0. The molecule has 4 atom stereocenters. The maximum Gasteiger partial charge on any atom is 0.139 e. The zero-order valence-corrected chi connectivity index (χ0v) is 21.6. The summed E-state index contributed by atoms with van der Waals surface area (Å²) in [5.74, 6) is -1.22. The van der Waals surface area contributed by atoms with Crippen molar-refractivity contribution in [3.05, 3.63) is 132 Å². The molecule has 0 aliphatic heterocycles. The monoisotopic (exact) mass is 518 g/mol. The quantitative estimate of drug-likeness (QED) is 0.152. The number of aliphatic hydroxyl groups is 6. The Hall–Kier alpha value is -3.68. The van der Waals surface area contributed by atoms with Gasteiger partial charge in [-0.1, -0.05) is 60.7 Å². The van der Waals surface area contributed by atoms with Crippen LogP contribution in [-0.4, -0.2) is 55.1 Å². The van der Waals surface area contributed by atoms with Crippen molar-refractivity contribution >= 4 is 12.2 Å². The summed E-state index contributed by atoms with van der Waals surface area (Å²) in [7, 11) is 0. The molecule has 2 aromatic carbocycles. The Morgan fingerprint density at radius 1 is 0.553 bits per heavy atom. The van der Waals surface area contributed by atoms with Crippen LogP contribution in [-0.2, 0) is 25.7 Å². The van der Waals surface area contributed by atoms with Gasteiger partial charge in [-0.3, -0.25) is 0 Å². The topological polar surface area (TPSA) is 121 Å². The molecule has 0 heterocycles. The first-order valence-electron chi connectivity index (χ1n) is 12.4. The number of aliphatic hydroxyl groups excluding tert-OH is 6. The van der Waals surface area contributed by atoms with Gasteiger partial charge in [0.1, 0.15) is 35.9 Å². The van der Waals surface area contributed by atoms with E-state index in [2.05, 4.69) is 26.3 Å². The molecule has 0 saturated carbocycles. The molecule has 0 aromatic heterocycles. The van der Waals surface area contributed by atoms with Gasteiger partial charge in [-0.15, -0.1) is 26.3 Å². The Labute approximate surface area is 224 Å². The molecule has 0 bridgehead atoms. The second-order valence-electron chi connectivity index (χ2n) is 9.04. The van der Waals surface area contributed by atoms with Crippen molar-refractivity contribution < 1.29 is 30.6 Å². The van der Waals surface area contributed by atoms with E-state index in [0.717, 1.165) is 22.3 Å². The van der Waals surface area contributed by atoms with Gasteiger partial charge >= 0.3 is 0 Å². The second-order valence-corrected chi connectivity index (χ2v) is 9.04. The van der Waals surface area contributed by atoms with Gasteiger partial charge in [0.2, 0.25) is 0 Å². The molecule has 0 radical (unpaired) electrons. The molecular weight excluding hydrogens is 480 g/mol. The van der Waals surface area contributed by atoms with E-state index in [9.17, 15) is 30.6 Å². The summed E-state index contributed by atoms with van der Waals surface area (Å²) in [6.07, 6.45) is 4.30. The third-order valence-electron chi connectivity index (χ3n) is 6.15. The lowest BCUT2D eigenvalue weighted by molar-refractivity contribution is -0.0996. The molecule has 6 heteroatoms. The van der Waals surface area contributed by atoms with E-state index in [1.54, 1.807) is 36.4 Å². The van der Waals surface area contributed by atoms with Gasteiger partial charge in [-0.2, -0.15) is 0 Å². The Morgan fingerprint density at radius 2 is 0.868 bits per heavy atom. The van der Waals surface area contributed by atoms with Crippen LogP contribution in [0.3, 0.4) is 0 Å². The van der Waals surface area contributed by atoms with Crippen LogP contribution in [0.15, 0.2) is 98.5 Å². The number of benzene rings is 2. The van der Waals surface area contributed by atoms with Gasteiger partial charge in [0, 0.05) is 0 Å². The van der Waals surface area contributed by atoms with Crippen molar-refractivity contribution in [2.24, 2.45) is 0 Å². The van der Waals surface area contributed by atoms with Crippen LogP contribution in [0.4, 0.5) is 0 Å². The minimum atomic E-state index is -1.99. The summed E-state index contributed by atoms with van der Waals surface area (Å²) in [4.78, 5) is 0. The minimum absolute atomic E-state index is 0.562. The van der Waals surface area contributed by atoms with Crippen LogP contribution in [0.5, 0.6) is 0 Å². The van der Waals surface area contributed by atoms with Crippen LogP contribution in [0.1, 0.15) is 33.4 Å². The Kier molecular flexibility index (Phi) is 12.0. The van der Waals surface area contributed by atoms with Gasteiger partial charge in [-0.05, 0) is 71.2 Å². The molecule has 0 aliphatic rings. The molecule has 0 aliphatic carbocycles. The molecule has 2 aromatic rings. The van der Waals surface area contributed by atoms with Crippen molar-refractivity contribution in [3.63, 3.8) is 0 Å². The van der Waals surface area contributed by atoms with Gasteiger partial charge < -0.3 is 30.6 Å². The SMILES string of the molecule is C=CCc1ccc(C=C(O)C(O)C(O)C(O)C(O)C(O)=Cc2ccc(CC=C)c(CC=C)c2)cc1CC=C. The van der Waals surface area contributed by atoms with Crippen molar-refractivity contribution in [3.8, 4) is 0 Å². The van der Waals surface area contributed by atoms with Crippen molar-refractivity contribution in [2.45, 2.75) is 50.1 Å². The Balaban J connectivity index is 2.20. The highest BCUT2D eigenvalue weighted by Gasteiger charge is 2.34. The number of hydrogen-bond acceptors (Lipinski definition) is 6. The van der Waals surface area contributed by atoms with E-state index in [1.165, 1.54) is 12.2 Å². The fraction of sp³-hybridized carbons (Fsp3) is 0.250. The zero-order chi connectivity index (χ0) is 28.2. The third-order valence-corrected chi connectivity index (χ3v) is 6.15. The third kappa shape index (κ3) is 8.16. The fourth-order valence-corrected chi connectivity index (χ4v) is 4.11. The Morgan fingerprint density at radius 3 is 1.18 bits per heavy atom. The van der Waals surface area contributed by atoms with Gasteiger partial charge in [0.25, 0.3) is 0 Å². The first kappa shape index (κ1) is 30.5. The lowest BCUT2D eigenvalue weighted by Gasteiger charge is -2.26. The van der Waals surface area contributed by atoms with Crippen molar-refractivity contribution in [1.82, 2.24) is 0 Å². The molecule has 202 valence electrons. The molecule has 38 heavy (non-hydrogen) atoms. The number of hydrogen-bond donors (Lipinski definition) is 6. The average Bonchev–Trinajstić information content (AvgIpc) is 2.90. The van der Waals surface area contributed by atoms with Crippen LogP contribution in [0, 0.1) is 0 Å². The summed E-state index contributed by atoms with van der Waals surface area (Å²) in [5, 5.41) is 62.6. The summed E-state index contributed by atoms with van der Waals surface area (Å²) in [6, 6.07) is 10.8. The van der Waals surface area contributed by atoms with E-state index in [1.807, 2.05) is 24.3 Å². The van der Waals surface area contributed by atoms with Crippen LogP contribution < -0.4 is 0 Å². The van der Waals surface area contributed by atoms with Gasteiger partial charge in [0.05, 0.1) is 0 Å². The maximum atomic E-state index is 10.4. The fourth-order valence-electron chi connectivity index (χ4n) is 4.11. The molecule has 0 spiro atoms. The lowest BCUT2D eigenvalue weighted by atomic mass is 9.96. The highest BCUT2D eigenvalue weighted by Crippen LogP contribution is 2.22. The first-order chi connectivity index (χ1) is 18.2. The minimum Gasteiger partial charge on any atom is -0.509 e. The Bertz CT molecular complexity index is 1100. The van der Waals surface area contributed by atoms with E-state index < -0.39 is 35.9 Å². The zero-order valence-electron chi connectivity index (χ0n) is 21.6. The van der Waals surface area contributed by atoms with Crippen LogP contribution in [0.2, 0.25) is 0 Å². The van der Waals surface area contributed by atoms with Gasteiger partial charge in [-0.25, -0.2) is 0 Å². The van der Waals surface area contributed by atoms with Crippen molar-refractivity contribution in [1.29, 1.82) is 0 Å². The van der Waals surface area contributed by atoms with Crippen LogP contribution in [0.25, 0.3) is 12.2 Å². The van der Waals surface area contributed by atoms with E-state index in [0.29, 0.717) is 36.8 Å². The van der Waals surface area contributed by atoms with E-state index >= 15 is 0 Å². The summed E-state index contributed by atoms with van der Waals surface area (Å²) < 4.78 is 0. The molecule has 6 N–H and O–H groups in total. The molecule has 0 amide bonds. The highest BCUT2D eigenvalue weighted by molar-refractivity contribution is 5.56. The second kappa shape index (κ2) is 14.9. The molecular formula is C32H38O6. The standard InChI is InChI=1S/C32H38O6/c1-5-9-23-15-13-21(17-25(23)11-7-3)19-27(33)29(35)31(37)32(38)30(36)28(34)20-22-14-16-24(10-6-2)26(18-22)12-8-4/h5-8,13-20,29-38H,1-4,9-12H2. The first-order valence-corrected chi connectivity index (χ1v) is 12.4. The summed E-state index contributed by atoms with van der Waals surface area (Å²) in [5.41, 5.74) is 5.15. The molecule has 4 unspecified atom stereocenters. The maximum absolute atomic E-state index is 10.4. The normalized spacial score (nSPS) is 15.3. The molecule has 0 fully saturated rings. The predicted octanol–water partition coefficient (Wildman–Crippen LogP) is 4.54.